The number of anilines is 1. The standard InChI is InChI=1S/C16H29N3O/c1-6-8-15-9-14(11-17-7-2)10-16(18-15)19(4)13(3)12-20-5/h9-10,13,17H,6-8,11-12H2,1-5H3. The molecule has 1 rings (SSSR count). The number of nitrogens with one attached hydrogen (secondary N) is 1. The maximum absolute atomic E-state index is 5.24. The zero-order chi connectivity index (χ0) is 15.0. The van der Waals surface area contributed by atoms with Crippen LogP contribution in [0.4, 0.5) is 5.82 Å². The summed E-state index contributed by atoms with van der Waals surface area (Å²) < 4.78 is 5.24. The molecule has 0 spiro atoms. The Morgan fingerprint density at radius 1 is 1.35 bits per heavy atom. The number of rotatable bonds is 9. The van der Waals surface area contributed by atoms with Crippen molar-refractivity contribution in [2.24, 2.45) is 0 Å². The molecule has 1 heterocycles. The van der Waals surface area contributed by atoms with Crippen molar-refractivity contribution in [2.45, 2.75) is 46.2 Å². The third kappa shape index (κ3) is 5.10. The summed E-state index contributed by atoms with van der Waals surface area (Å²) in [5.74, 6) is 1.04. The van der Waals surface area contributed by atoms with Gasteiger partial charge in [0, 0.05) is 26.4 Å². The second-order valence-electron chi connectivity index (χ2n) is 5.27. The molecule has 0 saturated heterocycles. The van der Waals surface area contributed by atoms with Crippen molar-refractivity contribution in [3.8, 4) is 0 Å². The summed E-state index contributed by atoms with van der Waals surface area (Å²) in [6, 6.07) is 4.70. The summed E-state index contributed by atoms with van der Waals surface area (Å²) in [4.78, 5) is 6.97. The van der Waals surface area contributed by atoms with Crippen molar-refractivity contribution >= 4 is 5.82 Å². The minimum Gasteiger partial charge on any atom is -0.383 e. The molecule has 0 saturated carbocycles. The van der Waals surface area contributed by atoms with Crippen LogP contribution >= 0.6 is 0 Å². The molecular weight excluding hydrogens is 250 g/mol. The number of pyridine rings is 1. The van der Waals surface area contributed by atoms with Crippen LogP contribution in [0.1, 0.15) is 38.4 Å². The molecule has 1 unspecified atom stereocenters. The number of likely N-dealkylation sites (N-methyl/N-ethyl adjacent to an activating group) is 1. The fourth-order valence-electron chi connectivity index (χ4n) is 2.15. The lowest BCUT2D eigenvalue weighted by Gasteiger charge is -2.26. The molecule has 4 heteroatoms. The number of nitrogens with zero attached hydrogens (tertiary/aromatic N) is 2. The van der Waals surface area contributed by atoms with Gasteiger partial charge in [-0.3, -0.25) is 0 Å². The lowest BCUT2D eigenvalue weighted by Crippen LogP contribution is -2.33. The van der Waals surface area contributed by atoms with Gasteiger partial charge in [-0.1, -0.05) is 20.3 Å². The molecule has 0 aromatic carbocycles. The van der Waals surface area contributed by atoms with E-state index in [0.29, 0.717) is 12.6 Å². The van der Waals surface area contributed by atoms with Crippen molar-refractivity contribution < 1.29 is 4.74 Å². The first-order chi connectivity index (χ1) is 9.62. The third-order valence-corrected chi connectivity index (χ3v) is 3.44. The predicted octanol–water partition coefficient (Wildman–Crippen LogP) is 2.61. The molecule has 4 nitrogen and oxygen atoms in total. The lowest BCUT2D eigenvalue weighted by atomic mass is 10.1. The van der Waals surface area contributed by atoms with Crippen molar-refractivity contribution in [1.82, 2.24) is 10.3 Å². The molecule has 0 bridgehead atoms. The molecule has 0 fully saturated rings. The molecule has 1 aromatic rings. The van der Waals surface area contributed by atoms with Crippen LogP contribution in [0.15, 0.2) is 12.1 Å². The molecule has 0 aliphatic carbocycles. The Morgan fingerprint density at radius 2 is 2.10 bits per heavy atom. The summed E-state index contributed by atoms with van der Waals surface area (Å²) in [7, 11) is 3.82. The van der Waals surface area contributed by atoms with Gasteiger partial charge in [0.2, 0.25) is 0 Å². The van der Waals surface area contributed by atoms with E-state index in [9.17, 15) is 0 Å². The Bertz CT molecular complexity index is 395. The minimum atomic E-state index is 0.316. The molecule has 114 valence electrons. The molecule has 0 aliphatic rings. The highest BCUT2D eigenvalue weighted by Gasteiger charge is 2.12. The van der Waals surface area contributed by atoms with Crippen molar-refractivity contribution in [1.29, 1.82) is 0 Å². The van der Waals surface area contributed by atoms with Gasteiger partial charge in [-0.25, -0.2) is 4.98 Å². The van der Waals surface area contributed by atoms with Crippen LogP contribution in [0.2, 0.25) is 0 Å². The van der Waals surface area contributed by atoms with Crippen molar-refractivity contribution in [3.63, 3.8) is 0 Å². The van der Waals surface area contributed by atoms with E-state index in [1.165, 1.54) is 11.3 Å². The van der Waals surface area contributed by atoms with E-state index in [0.717, 1.165) is 31.7 Å². The molecule has 0 amide bonds. The topological polar surface area (TPSA) is 37.4 Å². The highest BCUT2D eigenvalue weighted by Crippen LogP contribution is 2.17. The Hall–Kier alpha value is -1.13. The summed E-state index contributed by atoms with van der Waals surface area (Å²) in [5.41, 5.74) is 2.48. The highest BCUT2D eigenvalue weighted by molar-refractivity contribution is 5.43. The predicted molar refractivity (Wildman–Crippen MR) is 85.4 cm³/mol. The average molecular weight is 279 g/mol. The summed E-state index contributed by atoms with van der Waals surface area (Å²) >= 11 is 0. The molecule has 1 aromatic heterocycles. The molecule has 0 radical (unpaired) electrons. The van der Waals surface area contributed by atoms with Crippen LogP contribution in [0.3, 0.4) is 0 Å². The smallest absolute Gasteiger partial charge is 0.129 e. The van der Waals surface area contributed by atoms with Gasteiger partial charge in [-0.05, 0) is 37.6 Å². The quantitative estimate of drug-likeness (QED) is 0.754. The van der Waals surface area contributed by atoms with Gasteiger partial charge in [0.15, 0.2) is 0 Å². The van der Waals surface area contributed by atoms with Gasteiger partial charge in [0.05, 0.1) is 12.6 Å². The number of hydrogen-bond donors (Lipinski definition) is 1. The van der Waals surface area contributed by atoms with Gasteiger partial charge in [0.25, 0.3) is 0 Å². The van der Waals surface area contributed by atoms with Crippen LogP contribution < -0.4 is 10.2 Å². The van der Waals surface area contributed by atoms with E-state index in [4.69, 9.17) is 9.72 Å². The van der Waals surface area contributed by atoms with E-state index in [-0.39, 0.29) is 0 Å². The Morgan fingerprint density at radius 3 is 2.70 bits per heavy atom. The van der Waals surface area contributed by atoms with Gasteiger partial charge >= 0.3 is 0 Å². The van der Waals surface area contributed by atoms with E-state index < -0.39 is 0 Å². The monoisotopic (exact) mass is 279 g/mol. The summed E-state index contributed by atoms with van der Waals surface area (Å²) in [5, 5.41) is 3.38. The van der Waals surface area contributed by atoms with E-state index in [1.807, 2.05) is 0 Å². The third-order valence-electron chi connectivity index (χ3n) is 3.44. The normalized spacial score (nSPS) is 12.4. The second-order valence-corrected chi connectivity index (χ2v) is 5.27. The zero-order valence-corrected chi connectivity index (χ0v) is 13.6. The molecule has 1 N–H and O–H groups in total. The van der Waals surface area contributed by atoms with Crippen LogP contribution in [0.5, 0.6) is 0 Å². The van der Waals surface area contributed by atoms with Crippen molar-refractivity contribution in [3.05, 3.63) is 23.4 Å². The summed E-state index contributed by atoms with van der Waals surface area (Å²) in [6.45, 7) is 9.06. The van der Waals surface area contributed by atoms with E-state index in [2.05, 4.69) is 50.2 Å². The van der Waals surface area contributed by atoms with Crippen LogP contribution in [-0.4, -0.2) is 38.3 Å². The first kappa shape index (κ1) is 16.9. The van der Waals surface area contributed by atoms with Crippen LogP contribution in [-0.2, 0) is 17.7 Å². The maximum Gasteiger partial charge on any atom is 0.129 e. The lowest BCUT2D eigenvalue weighted by molar-refractivity contribution is 0.183. The van der Waals surface area contributed by atoms with Crippen LogP contribution in [0, 0.1) is 0 Å². The molecular formula is C16H29N3O. The van der Waals surface area contributed by atoms with E-state index >= 15 is 0 Å². The Balaban J connectivity index is 2.94. The Kier molecular flexibility index (Phi) is 7.55. The molecule has 0 aliphatic heterocycles. The fraction of sp³-hybridized carbons (Fsp3) is 0.688. The maximum atomic E-state index is 5.24. The summed E-state index contributed by atoms with van der Waals surface area (Å²) in [6.07, 6.45) is 2.15. The fourth-order valence-corrected chi connectivity index (χ4v) is 2.15. The minimum absolute atomic E-state index is 0.316. The number of aromatic nitrogens is 1. The van der Waals surface area contributed by atoms with Gasteiger partial charge in [0.1, 0.15) is 5.82 Å². The van der Waals surface area contributed by atoms with Gasteiger partial charge < -0.3 is 15.0 Å². The first-order valence-corrected chi connectivity index (χ1v) is 7.54. The van der Waals surface area contributed by atoms with Crippen LogP contribution in [0.25, 0.3) is 0 Å². The average Bonchev–Trinajstić information content (AvgIpc) is 2.44. The zero-order valence-electron chi connectivity index (χ0n) is 13.6. The number of aryl methyl sites for hydroxylation is 1. The Labute approximate surface area is 123 Å². The SMILES string of the molecule is CCCc1cc(CNCC)cc(N(C)C(C)COC)n1. The van der Waals surface area contributed by atoms with E-state index in [1.54, 1.807) is 7.11 Å². The van der Waals surface area contributed by atoms with Crippen molar-refractivity contribution in [2.75, 3.05) is 32.2 Å². The molecule has 20 heavy (non-hydrogen) atoms. The first-order valence-electron chi connectivity index (χ1n) is 7.54. The van der Waals surface area contributed by atoms with Gasteiger partial charge in [-0.2, -0.15) is 0 Å². The number of ether oxygens (including phenoxy) is 1. The molecule has 1 atom stereocenters. The number of methoxy groups -OCH3 is 1. The highest BCUT2D eigenvalue weighted by atomic mass is 16.5. The second kappa shape index (κ2) is 8.93. The largest absolute Gasteiger partial charge is 0.383 e. The van der Waals surface area contributed by atoms with Gasteiger partial charge in [-0.15, -0.1) is 0 Å². The number of hydrogen-bond acceptors (Lipinski definition) is 4.